The Bertz CT molecular complexity index is 484. The van der Waals surface area contributed by atoms with Gasteiger partial charge in [0.2, 0.25) is 0 Å². The number of aliphatic hydroxyl groups is 1. The second-order valence-corrected chi connectivity index (χ2v) is 5.27. The van der Waals surface area contributed by atoms with Crippen LogP contribution in [0.2, 0.25) is 0 Å². The molecule has 1 N–H and O–H groups in total. The fourth-order valence-electron chi connectivity index (χ4n) is 2.16. The molecule has 1 nitrogen and oxygen atoms in total. The molecule has 0 unspecified atom stereocenters. The summed E-state index contributed by atoms with van der Waals surface area (Å²) in [6.07, 6.45) is 0. The number of hydrogen-bond acceptors (Lipinski definition) is 1. The summed E-state index contributed by atoms with van der Waals surface area (Å²) in [7, 11) is 0. The Balaban J connectivity index is 2.42. The fraction of sp³-hybridized carbons (Fsp3) is 0.0769. The SMILES string of the molecule is OC1(I)c2ccccc2-c2ccccc21. The number of alkyl halides is 1. The first kappa shape index (κ1) is 9.36. The van der Waals surface area contributed by atoms with Gasteiger partial charge in [-0.25, -0.2) is 0 Å². The van der Waals surface area contributed by atoms with E-state index in [2.05, 4.69) is 34.7 Å². The Morgan fingerprint density at radius 3 is 1.67 bits per heavy atom. The molecule has 0 bridgehead atoms. The van der Waals surface area contributed by atoms with Crippen LogP contribution in [0.4, 0.5) is 0 Å². The molecule has 2 heteroatoms. The van der Waals surface area contributed by atoms with Gasteiger partial charge in [0.25, 0.3) is 0 Å². The maximum absolute atomic E-state index is 10.5. The maximum Gasteiger partial charge on any atom is 0.167 e. The van der Waals surface area contributed by atoms with Crippen LogP contribution >= 0.6 is 22.6 Å². The third-order valence-electron chi connectivity index (χ3n) is 2.86. The molecule has 0 aromatic heterocycles. The van der Waals surface area contributed by atoms with Gasteiger partial charge in [-0.3, -0.25) is 0 Å². The zero-order chi connectivity index (χ0) is 10.5. The van der Waals surface area contributed by atoms with Crippen LogP contribution in [-0.4, -0.2) is 5.11 Å². The van der Waals surface area contributed by atoms with Gasteiger partial charge >= 0.3 is 0 Å². The van der Waals surface area contributed by atoms with Crippen molar-refractivity contribution in [2.75, 3.05) is 0 Å². The summed E-state index contributed by atoms with van der Waals surface area (Å²) < 4.78 is -0.870. The lowest BCUT2D eigenvalue weighted by molar-refractivity contribution is 0.205. The molecule has 0 fully saturated rings. The van der Waals surface area contributed by atoms with Gasteiger partial charge in [-0.15, -0.1) is 0 Å². The highest BCUT2D eigenvalue weighted by Crippen LogP contribution is 2.50. The van der Waals surface area contributed by atoms with E-state index in [9.17, 15) is 5.11 Å². The average Bonchev–Trinajstić information content (AvgIpc) is 2.51. The molecule has 0 radical (unpaired) electrons. The van der Waals surface area contributed by atoms with Gasteiger partial charge < -0.3 is 5.11 Å². The number of rotatable bonds is 0. The van der Waals surface area contributed by atoms with E-state index in [4.69, 9.17) is 0 Å². The molecule has 0 amide bonds. The van der Waals surface area contributed by atoms with Crippen LogP contribution in [0.1, 0.15) is 11.1 Å². The van der Waals surface area contributed by atoms with Gasteiger partial charge in [0.05, 0.1) is 0 Å². The largest absolute Gasteiger partial charge is 0.371 e. The van der Waals surface area contributed by atoms with Crippen molar-refractivity contribution >= 4 is 22.6 Å². The summed E-state index contributed by atoms with van der Waals surface area (Å²) in [5, 5.41) is 10.5. The molecule has 0 aliphatic heterocycles. The summed E-state index contributed by atoms with van der Waals surface area (Å²) in [6, 6.07) is 16.0. The zero-order valence-corrected chi connectivity index (χ0v) is 10.1. The van der Waals surface area contributed by atoms with Gasteiger partial charge in [0.15, 0.2) is 3.61 Å². The first-order chi connectivity index (χ1) is 7.21. The van der Waals surface area contributed by atoms with Crippen LogP contribution in [0.3, 0.4) is 0 Å². The molecule has 0 saturated heterocycles. The molecule has 74 valence electrons. The second-order valence-electron chi connectivity index (χ2n) is 3.71. The Kier molecular flexibility index (Phi) is 1.91. The second kappa shape index (κ2) is 3.06. The monoisotopic (exact) mass is 308 g/mol. The van der Waals surface area contributed by atoms with Crippen LogP contribution in [0.25, 0.3) is 11.1 Å². The first-order valence-electron chi connectivity index (χ1n) is 4.82. The lowest BCUT2D eigenvalue weighted by atomic mass is 10.1. The molecule has 0 saturated carbocycles. The van der Waals surface area contributed by atoms with Crippen molar-refractivity contribution in [3.8, 4) is 11.1 Å². The lowest BCUT2D eigenvalue weighted by Crippen LogP contribution is -2.14. The van der Waals surface area contributed by atoms with E-state index in [1.807, 2.05) is 36.4 Å². The highest BCUT2D eigenvalue weighted by molar-refractivity contribution is 14.1. The lowest BCUT2D eigenvalue weighted by Gasteiger charge is -2.17. The Morgan fingerprint density at radius 2 is 1.20 bits per heavy atom. The van der Waals surface area contributed by atoms with E-state index in [1.165, 1.54) is 0 Å². The summed E-state index contributed by atoms with van der Waals surface area (Å²) in [5.74, 6) is 0. The third kappa shape index (κ3) is 1.18. The minimum Gasteiger partial charge on any atom is -0.371 e. The van der Waals surface area contributed by atoms with Gasteiger partial charge in [-0.05, 0) is 33.7 Å². The normalized spacial score (nSPS) is 15.9. The van der Waals surface area contributed by atoms with E-state index in [-0.39, 0.29) is 0 Å². The van der Waals surface area contributed by atoms with Crippen LogP contribution in [0.15, 0.2) is 48.5 Å². The van der Waals surface area contributed by atoms with Gasteiger partial charge in [0.1, 0.15) is 0 Å². The predicted molar refractivity (Wildman–Crippen MR) is 68.9 cm³/mol. The summed E-state index contributed by atoms with van der Waals surface area (Å²) in [4.78, 5) is 0. The van der Waals surface area contributed by atoms with Crippen molar-refractivity contribution in [1.82, 2.24) is 0 Å². The van der Waals surface area contributed by atoms with Crippen molar-refractivity contribution < 1.29 is 5.11 Å². The molecular formula is C13H9IO. The van der Waals surface area contributed by atoms with E-state index >= 15 is 0 Å². The van der Waals surface area contributed by atoms with Crippen molar-refractivity contribution in [2.24, 2.45) is 0 Å². The summed E-state index contributed by atoms with van der Waals surface area (Å²) in [5.41, 5.74) is 4.27. The Labute approximate surface area is 102 Å². The van der Waals surface area contributed by atoms with Gasteiger partial charge in [-0.2, -0.15) is 0 Å². The minimum absolute atomic E-state index is 0.870. The molecule has 1 aliphatic rings. The van der Waals surface area contributed by atoms with Gasteiger partial charge in [-0.1, -0.05) is 48.5 Å². The topological polar surface area (TPSA) is 20.2 Å². The van der Waals surface area contributed by atoms with Gasteiger partial charge in [0, 0.05) is 11.1 Å². The van der Waals surface area contributed by atoms with Crippen LogP contribution in [0, 0.1) is 0 Å². The molecule has 3 rings (SSSR count). The van der Waals surface area contributed by atoms with E-state index in [0.29, 0.717) is 0 Å². The van der Waals surface area contributed by atoms with E-state index in [0.717, 1.165) is 22.3 Å². The highest BCUT2D eigenvalue weighted by Gasteiger charge is 2.38. The van der Waals surface area contributed by atoms with E-state index < -0.39 is 3.61 Å². The predicted octanol–water partition coefficient (Wildman–Crippen LogP) is 3.30. The standard InChI is InChI=1S/C13H9IO/c14-13(15)11-7-3-1-5-9(11)10-6-2-4-8-12(10)13/h1-8,15H. The molecule has 2 aromatic carbocycles. The highest BCUT2D eigenvalue weighted by atomic mass is 127. The number of fused-ring (bicyclic) bond motifs is 3. The molecule has 0 atom stereocenters. The minimum atomic E-state index is -0.870. The number of benzene rings is 2. The van der Waals surface area contributed by atoms with Crippen LogP contribution < -0.4 is 0 Å². The fourth-order valence-corrected chi connectivity index (χ4v) is 3.10. The zero-order valence-electron chi connectivity index (χ0n) is 7.94. The summed E-state index contributed by atoms with van der Waals surface area (Å²) in [6.45, 7) is 0. The maximum atomic E-state index is 10.5. The molecule has 0 heterocycles. The van der Waals surface area contributed by atoms with Crippen molar-refractivity contribution in [1.29, 1.82) is 0 Å². The first-order valence-corrected chi connectivity index (χ1v) is 5.90. The smallest absolute Gasteiger partial charge is 0.167 e. The molecule has 0 spiro atoms. The van der Waals surface area contributed by atoms with Crippen LogP contribution in [0.5, 0.6) is 0 Å². The quantitative estimate of drug-likeness (QED) is 0.585. The third-order valence-corrected chi connectivity index (χ3v) is 4.02. The van der Waals surface area contributed by atoms with Crippen molar-refractivity contribution in [3.05, 3.63) is 59.7 Å². The average molecular weight is 308 g/mol. The van der Waals surface area contributed by atoms with E-state index in [1.54, 1.807) is 0 Å². The van der Waals surface area contributed by atoms with Crippen molar-refractivity contribution in [2.45, 2.75) is 3.61 Å². The summed E-state index contributed by atoms with van der Waals surface area (Å²) >= 11 is 2.10. The molecular weight excluding hydrogens is 299 g/mol. The molecule has 15 heavy (non-hydrogen) atoms. The molecule has 1 aliphatic carbocycles. The van der Waals surface area contributed by atoms with Crippen LogP contribution in [-0.2, 0) is 3.61 Å². The molecule has 2 aromatic rings. The Morgan fingerprint density at radius 1 is 0.800 bits per heavy atom. The Hall–Kier alpha value is -0.870. The number of hydrogen-bond donors (Lipinski definition) is 1. The van der Waals surface area contributed by atoms with Crippen molar-refractivity contribution in [3.63, 3.8) is 0 Å². The number of halogens is 1.